The van der Waals surface area contributed by atoms with Crippen molar-refractivity contribution >= 4 is 17.5 Å². The standard InChI is InChI=1S/C18H17F3N2O3/c1-12-3-7-14(8-4-12)22-16(24)11-23(2)17(25)13-5-9-15(10-6-13)26-18(19,20)21/h3-10H,11H2,1-2H3,(H,22,24). The molecule has 0 spiro atoms. The quantitative estimate of drug-likeness (QED) is 0.880. The van der Waals surface area contributed by atoms with Gasteiger partial charge in [-0.1, -0.05) is 17.7 Å². The third kappa shape index (κ3) is 5.80. The van der Waals surface area contributed by atoms with Crippen LogP contribution in [-0.2, 0) is 4.79 Å². The van der Waals surface area contributed by atoms with Crippen LogP contribution >= 0.6 is 0 Å². The number of hydrogen-bond donors (Lipinski definition) is 1. The highest BCUT2D eigenvalue weighted by atomic mass is 19.4. The molecule has 138 valence electrons. The van der Waals surface area contributed by atoms with E-state index < -0.39 is 18.0 Å². The van der Waals surface area contributed by atoms with Gasteiger partial charge >= 0.3 is 6.36 Å². The van der Waals surface area contributed by atoms with Crippen LogP contribution in [0.25, 0.3) is 0 Å². The van der Waals surface area contributed by atoms with Gasteiger partial charge in [0.05, 0.1) is 6.54 Å². The Bertz CT molecular complexity index is 772. The Labute approximate surface area is 148 Å². The maximum Gasteiger partial charge on any atom is 0.573 e. The number of halogens is 3. The van der Waals surface area contributed by atoms with Crippen LogP contribution in [0.15, 0.2) is 48.5 Å². The zero-order valence-electron chi connectivity index (χ0n) is 14.1. The van der Waals surface area contributed by atoms with Gasteiger partial charge < -0.3 is 15.0 Å². The maximum absolute atomic E-state index is 12.3. The molecule has 0 fully saturated rings. The number of alkyl halides is 3. The van der Waals surface area contributed by atoms with Gasteiger partial charge in [-0.15, -0.1) is 13.2 Å². The average molecular weight is 366 g/mol. The highest BCUT2D eigenvalue weighted by Crippen LogP contribution is 2.23. The summed E-state index contributed by atoms with van der Waals surface area (Å²) in [6.07, 6.45) is -4.80. The second-order valence-corrected chi connectivity index (χ2v) is 5.65. The van der Waals surface area contributed by atoms with Crippen LogP contribution in [0.2, 0.25) is 0 Å². The molecule has 2 rings (SSSR count). The molecule has 0 aliphatic rings. The number of hydrogen-bond acceptors (Lipinski definition) is 3. The Balaban J connectivity index is 1.93. The zero-order valence-corrected chi connectivity index (χ0v) is 14.1. The second-order valence-electron chi connectivity index (χ2n) is 5.65. The molecule has 0 saturated carbocycles. The number of benzene rings is 2. The van der Waals surface area contributed by atoms with E-state index in [0.29, 0.717) is 5.69 Å². The van der Waals surface area contributed by atoms with E-state index in [0.717, 1.165) is 17.7 Å². The molecule has 0 aliphatic heterocycles. The lowest BCUT2D eigenvalue weighted by atomic mass is 10.2. The molecule has 0 aromatic heterocycles. The number of likely N-dealkylation sites (N-methyl/N-ethyl adjacent to an activating group) is 1. The number of aryl methyl sites for hydroxylation is 1. The highest BCUT2D eigenvalue weighted by molar-refractivity contribution is 5.99. The molecule has 0 aliphatic carbocycles. The van der Waals surface area contributed by atoms with Crippen molar-refractivity contribution in [3.05, 3.63) is 59.7 Å². The fourth-order valence-electron chi connectivity index (χ4n) is 2.14. The first-order chi connectivity index (χ1) is 12.1. The summed E-state index contributed by atoms with van der Waals surface area (Å²) in [5.74, 6) is -1.31. The maximum atomic E-state index is 12.3. The van der Waals surface area contributed by atoms with Gasteiger partial charge in [-0.3, -0.25) is 9.59 Å². The Kier molecular flexibility index (Phi) is 5.86. The Morgan fingerprint density at radius 2 is 1.62 bits per heavy atom. The van der Waals surface area contributed by atoms with Crippen LogP contribution in [0.5, 0.6) is 5.75 Å². The van der Waals surface area contributed by atoms with E-state index >= 15 is 0 Å². The number of carbonyl (C=O) groups is 2. The minimum atomic E-state index is -4.80. The molecular weight excluding hydrogens is 349 g/mol. The predicted octanol–water partition coefficient (Wildman–Crippen LogP) is 3.60. The first kappa shape index (κ1) is 19.3. The van der Waals surface area contributed by atoms with Gasteiger partial charge in [-0.2, -0.15) is 0 Å². The van der Waals surface area contributed by atoms with Crippen LogP contribution in [-0.4, -0.2) is 36.7 Å². The third-order valence-corrected chi connectivity index (χ3v) is 3.40. The molecule has 26 heavy (non-hydrogen) atoms. The van der Waals surface area contributed by atoms with E-state index in [1.807, 2.05) is 19.1 Å². The zero-order chi connectivity index (χ0) is 19.3. The molecule has 0 radical (unpaired) electrons. The van der Waals surface area contributed by atoms with Crippen molar-refractivity contribution in [2.45, 2.75) is 13.3 Å². The van der Waals surface area contributed by atoms with Crippen molar-refractivity contribution in [3.63, 3.8) is 0 Å². The van der Waals surface area contributed by atoms with Crippen molar-refractivity contribution in [2.24, 2.45) is 0 Å². The number of nitrogens with one attached hydrogen (secondary N) is 1. The third-order valence-electron chi connectivity index (χ3n) is 3.40. The van der Waals surface area contributed by atoms with Crippen LogP contribution in [0.4, 0.5) is 18.9 Å². The van der Waals surface area contributed by atoms with Crippen LogP contribution < -0.4 is 10.1 Å². The lowest BCUT2D eigenvalue weighted by Crippen LogP contribution is -2.34. The van der Waals surface area contributed by atoms with Crippen molar-refractivity contribution < 1.29 is 27.5 Å². The minimum Gasteiger partial charge on any atom is -0.406 e. The molecule has 5 nitrogen and oxygen atoms in total. The topological polar surface area (TPSA) is 58.6 Å². The molecule has 0 heterocycles. The van der Waals surface area contributed by atoms with Gasteiger partial charge in [0.25, 0.3) is 5.91 Å². The summed E-state index contributed by atoms with van der Waals surface area (Å²) >= 11 is 0. The normalized spacial score (nSPS) is 11.0. The van der Waals surface area contributed by atoms with Crippen molar-refractivity contribution in [1.29, 1.82) is 0 Å². The summed E-state index contributed by atoms with van der Waals surface area (Å²) in [5, 5.41) is 2.66. The van der Waals surface area contributed by atoms with Crippen molar-refractivity contribution in [1.82, 2.24) is 4.90 Å². The number of ether oxygens (including phenoxy) is 1. The predicted molar refractivity (Wildman–Crippen MR) is 89.9 cm³/mol. The Hall–Kier alpha value is -3.03. The summed E-state index contributed by atoms with van der Waals surface area (Å²) in [5.41, 5.74) is 1.80. The SMILES string of the molecule is Cc1ccc(NC(=O)CN(C)C(=O)c2ccc(OC(F)(F)F)cc2)cc1. The molecular formula is C18H17F3N2O3. The molecule has 0 atom stereocenters. The Morgan fingerprint density at radius 1 is 1.04 bits per heavy atom. The van der Waals surface area contributed by atoms with Crippen molar-refractivity contribution in [2.75, 3.05) is 18.9 Å². The number of anilines is 1. The average Bonchev–Trinajstić information content (AvgIpc) is 2.55. The highest BCUT2D eigenvalue weighted by Gasteiger charge is 2.31. The second kappa shape index (κ2) is 7.90. The van der Waals surface area contributed by atoms with E-state index in [1.54, 1.807) is 12.1 Å². The lowest BCUT2D eigenvalue weighted by Gasteiger charge is -2.17. The van der Waals surface area contributed by atoms with Crippen LogP contribution in [0, 0.1) is 6.92 Å². The van der Waals surface area contributed by atoms with Crippen LogP contribution in [0.3, 0.4) is 0 Å². The number of amides is 2. The first-order valence-electron chi connectivity index (χ1n) is 7.62. The van der Waals surface area contributed by atoms with E-state index in [4.69, 9.17) is 0 Å². The molecule has 8 heteroatoms. The molecule has 2 aromatic carbocycles. The summed E-state index contributed by atoms with van der Waals surface area (Å²) in [4.78, 5) is 25.4. The molecule has 1 N–H and O–H groups in total. The number of rotatable bonds is 5. The molecule has 0 saturated heterocycles. The number of carbonyl (C=O) groups excluding carboxylic acids is 2. The number of nitrogens with zero attached hydrogens (tertiary/aromatic N) is 1. The van der Waals surface area contributed by atoms with E-state index in [9.17, 15) is 22.8 Å². The van der Waals surface area contributed by atoms with E-state index in [-0.39, 0.29) is 18.0 Å². The Morgan fingerprint density at radius 3 is 2.15 bits per heavy atom. The summed E-state index contributed by atoms with van der Waals surface area (Å²) in [6.45, 7) is 1.72. The van der Waals surface area contributed by atoms with E-state index in [2.05, 4.69) is 10.1 Å². The fraction of sp³-hybridized carbons (Fsp3) is 0.222. The largest absolute Gasteiger partial charge is 0.573 e. The van der Waals surface area contributed by atoms with Crippen molar-refractivity contribution in [3.8, 4) is 5.75 Å². The van der Waals surface area contributed by atoms with Gasteiger partial charge in [-0.05, 0) is 43.3 Å². The summed E-state index contributed by atoms with van der Waals surface area (Å²) < 4.78 is 40.1. The molecule has 2 amide bonds. The van der Waals surface area contributed by atoms with Crippen LogP contribution in [0.1, 0.15) is 15.9 Å². The summed E-state index contributed by atoms with van der Waals surface area (Å²) in [6, 6.07) is 11.7. The first-order valence-corrected chi connectivity index (χ1v) is 7.62. The lowest BCUT2D eigenvalue weighted by molar-refractivity contribution is -0.274. The van der Waals surface area contributed by atoms with Gasteiger partial charge in [0, 0.05) is 18.3 Å². The smallest absolute Gasteiger partial charge is 0.406 e. The van der Waals surface area contributed by atoms with Gasteiger partial charge in [-0.25, -0.2) is 0 Å². The molecule has 0 unspecified atom stereocenters. The monoisotopic (exact) mass is 366 g/mol. The fourth-order valence-corrected chi connectivity index (χ4v) is 2.14. The van der Waals surface area contributed by atoms with Gasteiger partial charge in [0.1, 0.15) is 5.75 Å². The van der Waals surface area contributed by atoms with Gasteiger partial charge in [0.2, 0.25) is 5.91 Å². The molecule has 0 bridgehead atoms. The minimum absolute atomic E-state index is 0.144. The summed E-state index contributed by atoms with van der Waals surface area (Å²) in [7, 11) is 1.43. The van der Waals surface area contributed by atoms with Gasteiger partial charge in [0.15, 0.2) is 0 Å². The van der Waals surface area contributed by atoms with E-state index in [1.165, 1.54) is 24.1 Å². The molecule has 2 aromatic rings.